The van der Waals surface area contributed by atoms with Crippen molar-refractivity contribution in [1.29, 1.82) is 0 Å². The van der Waals surface area contributed by atoms with Crippen LogP contribution in [0, 0.1) is 0 Å². The number of nitrogen functional groups attached to an aromatic ring is 2. The molecule has 0 aliphatic rings. The third-order valence-corrected chi connectivity index (χ3v) is 3.50. The first-order chi connectivity index (χ1) is 11.6. The second kappa shape index (κ2) is 6.45. The van der Waals surface area contributed by atoms with Crippen molar-refractivity contribution in [3.8, 4) is 11.5 Å². The van der Waals surface area contributed by atoms with Crippen LogP contribution in [0.3, 0.4) is 0 Å². The predicted octanol–water partition coefficient (Wildman–Crippen LogP) is 1.82. The molecule has 0 spiro atoms. The molecule has 8 heteroatoms. The van der Waals surface area contributed by atoms with E-state index >= 15 is 0 Å². The van der Waals surface area contributed by atoms with E-state index in [9.17, 15) is 0 Å². The molecule has 2 heterocycles. The van der Waals surface area contributed by atoms with Crippen LogP contribution >= 0.6 is 0 Å². The number of fused-ring (bicyclic) bond motifs is 1. The average molecular weight is 326 g/mol. The minimum absolute atomic E-state index is 0.137. The first kappa shape index (κ1) is 15.6. The summed E-state index contributed by atoms with van der Waals surface area (Å²) >= 11 is 0. The van der Waals surface area contributed by atoms with Gasteiger partial charge in [0.1, 0.15) is 5.52 Å². The Kier molecular flexibility index (Phi) is 4.19. The maximum Gasteiger partial charge on any atom is 0.222 e. The number of hydrogen-bond donors (Lipinski definition) is 3. The van der Waals surface area contributed by atoms with E-state index in [0.717, 1.165) is 11.4 Å². The van der Waals surface area contributed by atoms with Crippen molar-refractivity contribution in [3.63, 3.8) is 0 Å². The molecule has 0 aliphatic heterocycles. The predicted molar refractivity (Wildman–Crippen MR) is 93.0 cm³/mol. The molecule has 0 aliphatic carbocycles. The second-order valence-electron chi connectivity index (χ2n) is 5.06. The minimum atomic E-state index is 0.137. The highest BCUT2D eigenvalue weighted by Gasteiger charge is 2.07. The van der Waals surface area contributed by atoms with E-state index in [4.69, 9.17) is 20.9 Å². The third-order valence-electron chi connectivity index (χ3n) is 3.50. The number of anilines is 3. The third kappa shape index (κ3) is 3.07. The number of aromatic nitrogens is 3. The number of methoxy groups -OCH3 is 2. The molecule has 0 saturated carbocycles. The second-order valence-corrected chi connectivity index (χ2v) is 5.06. The first-order valence-corrected chi connectivity index (χ1v) is 7.25. The van der Waals surface area contributed by atoms with Gasteiger partial charge in [0, 0.05) is 11.8 Å². The Hall–Kier alpha value is -3.29. The summed E-state index contributed by atoms with van der Waals surface area (Å²) in [6.07, 6.45) is 0. The van der Waals surface area contributed by atoms with Crippen molar-refractivity contribution >= 4 is 28.5 Å². The van der Waals surface area contributed by atoms with Gasteiger partial charge >= 0.3 is 0 Å². The lowest BCUT2D eigenvalue weighted by atomic mass is 10.2. The highest BCUT2D eigenvalue weighted by atomic mass is 16.5. The van der Waals surface area contributed by atoms with Crippen molar-refractivity contribution in [2.75, 3.05) is 31.0 Å². The zero-order chi connectivity index (χ0) is 17.1. The molecule has 2 aromatic heterocycles. The number of hydrogen-bond acceptors (Lipinski definition) is 8. The van der Waals surface area contributed by atoms with Gasteiger partial charge in [-0.1, -0.05) is 0 Å². The lowest BCUT2D eigenvalue weighted by Gasteiger charge is -2.11. The zero-order valence-corrected chi connectivity index (χ0v) is 13.4. The quantitative estimate of drug-likeness (QED) is 0.649. The topological polar surface area (TPSA) is 121 Å². The number of nitrogens with two attached hydrogens (primary N) is 2. The maximum atomic E-state index is 5.86. The molecule has 3 rings (SSSR count). The van der Waals surface area contributed by atoms with E-state index in [1.807, 2.05) is 30.3 Å². The van der Waals surface area contributed by atoms with Gasteiger partial charge in [0.2, 0.25) is 5.95 Å². The summed E-state index contributed by atoms with van der Waals surface area (Å²) in [6, 6.07) is 9.28. The molecular weight excluding hydrogens is 308 g/mol. The Morgan fingerprint density at radius 3 is 2.50 bits per heavy atom. The molecule has 1 aromatic carbocycles. The highest BCUT2D eigenvalue weighted by Crippen LogP contribution is 2.29. The van der Waals surface area contributed by atoms with Crippen LogP contribution in [0.4, 0.5) is 17.5 Å². The molecule has 5 N–H and O–H groups in total. The van der Waals surface area contributed by atoms with Crippen molar-refractivity contribution in [1.82, 2.24) is 15.0 Å². The monoisotopic (exact) mass is 326 g/mol. The molecule has 0 atom stereocenters. The largest absolute Gasteiger partial charge is 0.493 e. The molecule has 8 nitrogen and oxygen atoms in total. The fourth-order valence-electron chi connectivity index (χ4n) is 2.33. The van der Waals surface area contributed by atoms with Crippen LogP contribution in [-0.4, -0.2) is 29.2 Å². The van der Waals surface area contributed by atoms with Crippen molar-refractivity contribution < 1.29 is 9.47 Å². The summed E-state index contributed by atoms with van der Waals surface area (Å²) < 4.78 is 10.5. The molecule has 0 amide bonds. The molecule has 124 valence electrons. The van der Waals surface area contributed by atoms with E-state index in [-0.39, 0.29) is 11.8 Å². The Balaban J connectivity index is 1.80. The van der Waals surface area contributed by atoms with Gasteiger partial charge in [-0.2, -0.15) is 4.98 Å². The molecule has 24 heavy (non-hydrogen) atoms. The number of benzene rings is 1. The van der Waals surface area contributed by atoms with Crippen LogP contribution in [0.5, 0.6) is 11.5 Å². The normalized spacial score (nSPS) is 10.6. The van der Waals surface area contributed by atoms with E-state index in [2.05, 4.69) is 20.3 Å². The minimum Gasteiger partial charge on any atom is -0.493 e. The summed E-state index contributed by atoms with van der Waals surface area (Å²) in [7, 11) is 3.20. The standard InChI is InChI=1S/C16H18N6O2/c1-23-12-6-4-9(7-13(12)24-2)19-8-10-3-5-11-14(20-10)15(17)22-16(18)21-11/h3-7,19H,8H2,1-2H3,(H4,17,18,21,22). The number of pyridine rings is 1. The average Bonchev–Trinajstić information content (AvgIpc) is 2.59. The summed E-state index contributed by atoms with van der Waals surface area (Å²) in [5.74, 6) is 1.74. The molecule has 0 unspecified atom stereocenters. The van der Waals surface area contributed by atoms with E-state index < -0.39 is 0 Å². The van der Waals surface area contributed by atoms with E-state index in [1.54, 1.807) is 14.2 Å². The molecule has 0 saturated heterocycles. The Morgan fingerprint density at radius 1 is 0.958 bits per heavy atom. The number of nitrogens with zero attached hydrogens (tertiary/aromatic N) is 3. The fraction of sp³-hybridized carbons (Fsp3) is 0.188. The van der Waals surface area contributed by atoms with Crippen molar-refractivity contribution in [2.24, 2.45) is 0 Å². The molecule has 0 radical (unpaired) electrons. The van der Waals surface area contributed by atoms with Gasteiger partial charge in [0.25, 0.3) is 0 Å². The van der Waals surface area contributed by atoms with Gasteiger partial charge in [-0.3, -0.25) is 0 Å². The summed E-state index contributed by atoms with van der Waals surface area (Å²) in [4.78, 5) is 12.5. The zero-order valence-electron chi connectivity index (χ0n) is 13.4. The van der Waals surface area contributed by atoms with Crippen LogP contribution in [-0.2, 0) is 6.54 Å². The molecule has 0 bridgehead atoms. The van der Waals surface area contributed by atoms with E-state index in [1.165, 1.54) is 0 Å². The van der Waals surface area contributed by atoms with Crippen LogP contribution in [0.1, 0.15) is 5.69 Å². The lowest BCUT2D eigenvalue weighted by Crippen LogP contribution is -2.05. The van der Waals surface area contributed by atoms with Crippen molar-refractivity contribution in [3.05, 3.63) is 36.0 Å². The lowest BCUT2D eigenvalue weighted by molar-refractivity contribution is 0.355. The fourth-order valence-corrected chi connectivity index (χ4v) is 2.33. The highest BCUT2D eigenvalue weighted by molar-refractivity contribution is 5.84. The summed E-state index contributed by atoms with van der Waals surface area (Å²) in [5.41, 5.74) is 14.3. The van der Waals surface area contributed by atoms with Crippen LogP contribution < -0.4 is 26.3 Å². The number of ether oxygens (including phenoxy) is 2. The SMILES string of the molecule is COc1ccc(NCc2ccc3nc(N)nc(N)c3n2)cc1OC. The summed E-state index contributed by atoms with van der Waals surface area (Å²) in [6.45, 7) is 0.509. The van der Waals surface area contributed by atoms with Gasteiger partial charge in [0.15, 0.2) is 17.3 Å². The van der Waals surface area contributed by atoms with Crippen molar-refractivity contribution in [2.45, 2.75) is 6.54 Å². The van der Waals surface area contributed by atoms with Gasteiger partial charge < -0.3 is 26.3 Å². The van der Waals surface area contributed by atoms with Crippen LogP contribution in [0.25, 0.3) is 11.0 Å². The Morgan fingerprint density at radius 2 is 1.75 bits per heavy atom. The van der Waals surface area contributed by atoms with Crippen LogP contribution in [0.15, 0.2) is 30.3 Å². The maximum absolute atomic E-state index is 5.86. The molecule has 3 aromatic rings. The van der Waals surface area contributed by atoms with Gasteiger partial charge in [-0.25, -0.2) is 9.97 Å². The van der Waals surface area contributed by atoms with Crippen LogP contribution in [0.2, 0.25) is 0 Å². The molecular formula is C16H18N6O2. The molecule has 0 fully saturated rings. The number of nitrogens with one attached hydrogen (secondary N) is 1. The van der Waals surface area contributed by atoms with Gasteiger partial charge in [-0.15, -0.1) is 0 Å². The first-order valence-electron chi connectivity index (χ1n) is 7.25. The number of rotatable bonds is 5. The summed E-state index contributed by atoms with van der Waals surface area (Å²) in [5, 5.41) is 3.28. The van der Waals surface area contributed by atoms with Gasteiger partial charge in [-0.05, 0) is 24.3 Å². The van der Waals surface area contributed by atoms with E-state index in [0.29, 0.717) is 29.1 Å². The Bertz CT molecular complexity index is 884. The Labute approximate surface area is 138 Å². The van der Waals surface area contributed by atoms with Gasteiger partial charge in [0.05, 0.1) is 32.0 Å². The smallest absolute Gasteiger partial charge is 0.222 e.